The zero-order valence-corrected chi connectivity index (χ0v) is 9.24. The summed E-state index contributed by atoms with van der Waals surface area (Å²) in [4.78, 5) is 0. The zero-order chi connectivity index (χ0) is 13.1. The van der Waals surface area contributed by atoms with Crippen LogP contribution in [0.2, 0.25) is 0 Å². The first-order valence-electron chi connectivity index (χ1n) is 5.16. The number of anilines is 1. The van der Waals surface area contributed by atoms with Crippen molar-refractivity contribution in [3.8, 4) is 16.9 Å². The van der Waals surface area contributed by atoms with Crippen LogP contribution in [-0.2, 0) is 0 Å². The summed E-state index contributed by atoms with van der Waals surface area (Å²) < 4.78 is 41.4. The molecule has 0 radical (unpaired) electrons. The Labute approximate surface area is 102 Å². The summed E-state index contributed by atoms with van der Waals surface area (Å²) in [7, 11) is 0. The minimum Gasteiger partial charge on any atom is -0.433 e. The lowest BCUT2D eigenvalue weighted by Crippen LogP contribution is -2.04. The van der Waals surface area contributed by atoms with Crippen LogP contribution in [0.15, 0.2) is 42.5 Å². The third kappa shape index (κ3) is 2.74. The average molecular weight is 253 g/mol. The number of hydrogen-bond acceptors (Lipinski definition) is 2. The Morgan fingerprint density at radius 2 is 1.72 bits per heavy atom. The summed E-state index contributed by atoms with van der Waals surface area (Å²) in [6.45, 7) is -2.92. The minimum atomic E-state index is -2.92. The van der Waals surface area contributed by atoms with E-state index in [0.717, 1.165) is 0 Å². The van der Waals surface area contributed by atoms with Crippen molar-refractivity contribution < 1.29 is 17.9 Å². The molecule has 0 amide bonds. The van der Waals surface area contributed by atoms with E-state index in [9.17, 15) is 13.2 Å². The second-order valence-corrected chi connectivity index (χ2v) is 3.64. The van der Waals surface area contributed by atoms with Crippen molar-refractivity contribution in [1.29, 1.82) is 0 Å². The van der Waals surface area contributed by atoms with Gasteiger partial charge in [-0.3, -0.25) is 0 Å². The predicted octanol–water partition coefficient (Wildman–Crippen LogP) is 3.68. The fourth-order valence-corrected chi connectivity index (χ4v) is 1.60. The van der Waals surface area contributed by atoms with Crippen molar-refractivity contribution in [2.75, 3.05) is 5.73 Å². The molecule has 0 aliphatic heterocycles. The fraction of sp³-hybridized carbons (Fsp3) is 0.0769. The first kappa shape index (κ1) is 12.3. The summed E-state index contributed by atoms with van der Waals surface area (Å²) >= 11 is 0. The van der Waals surface area contributed by atoms with Crippen molar-refractivity contribution in [2.24, 2.45) is 0 Å². The highest BCUT2D eigenvalue weighted by Gasteiger charge is 2.09. The summed E-state index contributed by atoms with van der Waals surface area (Å²) in [5, 5.41) is 0. The maximum atomic E-state index is 13.0. The molecule has 0 bridgehead atoms. The van der Waals surface area contributed by atoms with E-state index in [2.05, 4.69) is 4.74 Å². The van der Waals surface area contributed by atoms with Gasteiger partial charge >= 0.3 is 6.61 Å². The van der Waals surface area contributed by atoms with E-state index in [-0.39, 0.29) is 17.3 Å². The molecule has 2 N–H and O–H groups in total. The van der Waals surface area contributed by atoms with Gasteiger partial charge < -0.3 is 10.5 Å². The van der Waals surface area contributed by atoms with Gasteiger partial charge in [0, 0.05) is 0 Å². The van der Waals surface area contributed by atoms with Crippen molar-refractivity contribution in [3.63, 3.8) is 0 Å². The molecular weight excluding hydrogens is 243 g/mol. The molecule has 0 saturated carbocycles. The van der Waals surface area contributed by atoms with Crippen molar-refractivity contribution in [2.45, 2.75) is 6.61 Å². The molecule has 2 aromatic carbocycles. The molecule has 2 nitrogen and oxygen atoms in total. The molecule has 0 aliphatic rings. The van der Waals surface area contributed by atoms with Crippen LogP contribution in [0.4, 0.5) is 18.9 Å². The maximum Gasteiger partial charge on any atom is 0.387 e. The summed E-state index contributed by atoms with van der Waals surface area (Å²) in [5.41, 5.74) is 6.92. The first-order valence-corrected chi connectivity index (χ1v) is 5.16. The number of benzene rings is 2. The van der Waals surface area contributed by atoms with Crippen LogP contribution in [0.5, 0.6) is 5.75 Å². The Hall–Kier alpha value is -2.17. The Morgan fingerprint density at radius 1 is 1.00 bits per heavy atom. The molecule has 94 valence electrons. The van der Waals surface area contributed by atoms with Crippen molar-refractivity contribution >= 4 is 5.69 Å². The molecule has 0 fully saturated rings. The molecule has 2 aromatic rings. The standard InChI is InChI=1S/C13H10F3NO/c14-10-3-1-2-8(6-10)9-4-5-12(11(17)7-9)18-13(15)16/h1-7,13H,17H2. The summed E-state index contributed by atoms with van der Waals surface area (Å²) in [6.07, 6.45) is 0. The van der Waals surface area contributed by atoms with Crippen molar-refractivity contribution in [1.82, 2.24) is 0 Å². The molecule has 0 heterocycles. The quantitative estimate of drug-likeness (QED) is 0.847. The summed E-state index contributed by atoms with van der Waals surface area (Å²) in [6, 6.07) is 10.3. The van der Waals surface area contributed by atoms with Gasteiger partial charge in [-0.1, -0.05) is 18.2 Å². The van der Waals surface area contributed by atoms with Gasteiger partial charge in [0.05, 0.1) is 5.69 Å². The summed E-state index contributed by atoms with van der Waals surface area (Å²) in [5.74, 6) is -0.468. The van der Waals surface area contributed by atoms with Gasteiger partial charge in [0.25, 0.3) is 0 Å². The maximum absolute atomic E-state index is 13.0. The highest BCUT2D eigenvalue weighted by molar-refractivity contribution is 5.70. The molecule has 2 rings (SSSR count). The van der Waals surface area contributed by atoms with Crippen LogP contribution in [0.3, 0.4) is 0 Å². The van der Waals surface area contributed by atoms with Gasteiger partial charge in [-0.15, -0.1) is 0 Å². The van der Waals surface area contributed by atoms with Crippen LogP contribution < -0.4 is 10.5 Å². The lowest BCUT2D eigenvalue weighted by atomic mass is 10.0. The largest absolute Gasteiger partial charge is 0.433 e. The van der Waals surface area contributed by atoms with Crippen LogP contribution in [0.25, 0.3) is 11.1 Å². The van der Waals surface area contributed by atoms with E-state index in [1.807, 2.05) is 0 Å². The molecule has 18 heavy (non-hydrogen) atoms. The fourth-order valence-electron chi connectivity index (χ4n) is 1.60. The Morgan fingerprint density at radius 3 is 2.33 bits per heavy atom. The van der Waals surface area contributed by atoms with Crippen LogP contribution >= 0.6 is 0 Å². The monoisotopic (exact) mass is 253 g/mol. The topological polar surface area (TPSA) is 35.2 Å². The molecule has 0 saturated heterocycles. The second-order valence-electron chi connectivity index (χ2n) is 3.64. The number of nitrogens with two attached hydrogens (primary N) is 1. The van der Waals surface area contributed by atoms with E-state index in [1.165, 1.54) is 24.3 Å². The molecule has 0 atom stereocenters. The number of rotatable bonds is 3. The van der Waals surface area contributed by atoms with Crippen LogP contribution in [0, 0.1) is 5.82 Å². The zero-order valence-electron chi connectivity index (χ0n) is 9.24. The highest BCUT2D eigenvalue weighted by Crippen LogP contribution is 2.29. The van der Waals surface area contributed by atoms with Crippen molar-refractivity contribution in [3.05, 3.63) is 48.3 Å². The van der Waals surface area contributed by atoms with E-state index in [0.29, 0.717) is 11.1 Å². The van der Waals surface area contributed by atoms with E-state index in [4.69, 9.17) is 5.73 Å². The van der Waals surface area contributed by atoms with E-state index in [1.54, 1.807) is 18.2 Å². The van der Waals surface area contributed by atoms with Crippen LogP contribution in [-0.4, -0.2) is 6.61 Å². The van der Waals surface area contributed by atoms with Gasteiger partial charge in [0.1, 0.15) is 11.6 Å². The van der Waals surface area contributed by atoms with Gasteiger partial charge in [0.15, 0.2) is 0 Å². The normalized spacial score (nSPS) is 10.7. The third-order valence-corrected chi connectivity index (χ3v) is 2.38. The third-order valence-electron chi connectivity index (χ3n) is 2.38. The second kappa shape index (κ2) is 5.00. The molecular formula is C13H10F3NO. The SMILES string of the molecule is Nc1cc(-c2cccc(F)c2)ccc1OC(F)F. The van der Waals surface area contributed by atoms with E-state index < -0.39 is 6.61 Å². The average Bonchev–Trinajstić information content (AvgIpc) is 2.31. The lowest BCUT2D eigenvalue weighted by Gasteiger charge is -2.09. The highest BCUT2D eigenvalue weighted by atomic mass is 19.3. The van der Waals surface area contributed by atoms with E-state index >= 15 is 0 Å². The Balaban J connectivity index is 2.34. The smallest absolute Gasteiger partial charge is 0.387 e. The van der Waals surface area contributed by atoms with Gasteiger partial charge in [0.2, 0.25) is 0 Å². The number of hydrogen-bond donors (Lipinski definition) is 1. The number of halogens is 3. The first-order chi connectivity index (χ1) is 8.56. The predicted molar refractivity (Wildman–Crippen MR) is 62.9 cm³/mol. The molecule has 0 aromatic heterocycles. The number of alkyl halides is 2. The van der Waals surface area contributed by atoms with Gasteiger partial charge in [-0.2, -0.15) is 8.78 Å². The molecule has 0 unspecified atom stereocenters. The van der Waals surface area contributed by atoms with Gasteiger partial charge in [-0.25, -0.2) is 4.39 Å². The molecule has 0 aliphatic carbocycles. The minimum absolute atomic E-state index is 0.0806. The lowest BCUT2D eigenvalue weighted by molar-refractivity contribution is -0.0493. The molecule has 0 spiro atoms. The Bertz CT molecular complexity index is 558. The van der Waals surface area contributed by atoms with Crippen LogP contribution in [0.1, 0.15) is 0 Å². The number of ether oxygens (including phenoxy) is 1. The van der Waals surface area contributed by atoms with Gasteiger partial charge in [-0.05, 0) is 35.4 Å². The Kier molecular flexibility index (Phi) is 3.41. The molecule has 5 heteroatoms. The number of nitrogen functional groups attached to an aromatic ring is 1.